The van der Waals surface area contributed by atoms with E-state index < -0.39 is 59.6 Å². The predicted molar refractivity (Wildman–Crippen MR) is 280 cm³/mol. The summed E-state index contributed by atoms with van der Waals surface area (Å²) in [5, 5.41) is 4.20. The normalized spacial score (nSPS) is 12.5. The van der Waals surface area contributed by atoms with Crippen LogP contribution >= 0.6 is 85.0 Å². The van der Waals surface area contributed by atoms with Crippen LogP contribution in [0.2, 0.25) is 20.1 Å². The largest absolute Gasteiger partial charge is 0.415 e. The van der Waals surface area contributed by atoms with Crippen molar-refractivity contribution >= 4 is 108 Å². The minimum absolute atomic E-state index is 0. The fourth-order valence-electron chi connectivity index (χ4n) is 6.61. The molecule has 0 heterocycles. The average molecular weight is 1140 g/mol. The molecule has 392 valence electrons. The van der Waals surface area contributed by atoms with Gasteiger partial charge in [0, 0.05) is 45.8 Å². The quantitative estimate of drug-likeness (QED) is 0.0676. The van der Waals surface area contributed by atoms with Crippen molar-refractivity contribution in [1.29, 1.82) is 0 Å². The molecule has 3 amide bonds. The smallest absolute Gasteiger partial charge is 0.415 e. The van der Waals surface area contributed by atoms with Crippen LogP contribution in [0.3, 0.4) is 0 Å². The number of amides is 3. The van der Waals surface area contributed by atoms with Gasteiger partial charge >= 0.3 is 23.9 Å². The minimum atomic E-state index is -4.67. The molecule has 0 saturated carbocycles. The monoisotopic (exact) mass is 1140 g/mol. The van der Waals surface area contributed by atoms with Crippen molar-refractivity contribution in [3.8, 4) is 11.5 Å². The fraction of sp³-hybridized carbons (Fsp3) is 0.333. The van der Waals surface area contributed by atoms with E-state index in [9.17, 15) is 45.5 Å². The summed E-state index contributed by atoms with van der Waals surface area (Å²) in [7, 11) is 5.67. The molecule has 71 heavy (non-hydrogen) atoms. The lowest BCUT2D eigenvalue weighted by Gasteiger charge is -2.43. The van der Waals surface area contributed by atoms with E-state index in [-0.39, 0.29) is 62.3 Å². The van der Waals surface area contributed by atoms with Crippen molar-refractivity contribution in [3.05, 3.63) is 153 Å². The van der Waals surface area contributed by atoms with Crippen molar-refractivity contribution in [2.45, 2.75) is 63.0 Å². The van der Waals surface area contributed by atoms with Gasteiger partial charge in [-0.3, -0.25) is 14.5 Å². The first kappa shape index (κ1) is 66.7. The Kier molecular flexibility index (Phi) is 28.2. The third-order valence-electron chi connectivity index (χ3n) is 10.3. The Labute approximate surface area is 449 Å². The first-order valence-electron chi connectivity index (χ1n) is 20.4. The molecule has 10 nitrogen and oxygen atoms in total. The van der Waals surface area contributed by atoms with Crippen molar-refractivity contribution < 1.29 is 55.0 Å². The van der Waals surface area contributed by atoms with E-state index in [1.807, 2.05) is 26.0 Å². The number of hydrogen-bond donors (Lipinski definition) is 1. The van der Waals surface area contributed by atoms with E-state index in [0.29, 0.717) is 33.3 Å². The standard InChI is InChI=1S/C24H25Cl2F3N2O3.C16H19Cl2F3N2O.C8H7ClO2.2H2S/c1-5-12-23(17-8-11-19(25)20(26)13-17,15-30(3)21(32)14-24(27,28)29)31(4)22(33)34-18-9-6-16(2)7-10-18;1-4-7-15(22-2,11-5-6-12(17)13(18)8-11)10-23(3)14(24)9-16(19,20)21;1-6-2-4-7(5-3-6)11-8(9)10;;/h5-11,13H,1,12,14-15H2,2-4H3;4-6,8,22H,1,7,9-10H2,2-3H3;2-5H,1H3;2*1H2/t23-;15-;;;/m11.../s1. The summed E-state index contributed by atoms with van der Waals surface area (Å²) in [4.78, 5) is 50.7. The maximum absolute atomic E-state index is 13.2. The van der Waals surface area contributed by atoms with Gasteiger partial charge < -0.3 is 24.6 Å². The summed E-state index contributed by atoms with van der Waals surface area (Å²) in [5.41, 5.74) is 0.227. The lowest BCUT2D eigenvalue weighted by molar-refractivity contribution is -0.163. The van der Waals surface area contributed by atoms with E-state index in [4.69, 9.17) is 62.7 Å². The number of nitrogens with one attached hydrogen (secondary N) is 1. The molecule has 4 aromatic carbocycles. The summed E-state index contributed by atoms with van der Waals surface area (Å²) < 4.78 is 85.9. The summed E-state index contributed by atoms with van der Waals surface area (Å²) in [6.07, 6.45) is -9.55. The second kappa shape index (κ2) is 30.1. The highest BCUT2D eigenvalue weighted by atomic mass is 35.5. The number of carbonyl (C=O) groups is 4. The van der Waals surface area contributed by atoms with Gasteiger partial charge in [0.15, 0.2) is 0 Å². The van der Waals surface area contributed by atoms with Gasteiger partial charge in [-0.15, -0.1) is 13.2 Å². The Bertz CT molecular complexity index is 2410. The number of alkyl halides is 6. The zero-order valence-electron chi connectivity index (χ0n) is 39.3. The lowest BCUT2D eigenvalue weighted by Crippen LogP contribution is -2.55. The molecule has 4 rings (SSSR count). The van der Waals surface area contributed by atoms with Crippen molar-refractivity contribution in [1.82, 2.24) is 20.0 Å². The molecule has 0 saturated heterocycles. The molecule has 23 heteroatoms. The Morgan fingerprint density at radius 2 is 1.00 bits per heavy atom. The zero-order chi connectivity index (χ0) is 52.5. The lowest BCUT2D eigenvalue weighted by atomic mass is 9.84. The molecular weight excluding hydrogens is 1080 g/mol. The number of nitrogens with zero attached hydrogens (tertiary/aromatic N) is 3. The van der Waals surface area contributed by atoms with Gasteiger partial charge in [0.1, 0.15) is 24.3 Å². The van der Waals surface area contributed by atoms with Crippen LogP contribution in [-0.4, -0.2) is 91.7 Å². The van der Waals surface area contributed by atoms with Crippen LogP contribution in [0.4, 0.5) is 35.9 Å². The Balaban J connectivity index is 0.00000115. The molecule has 0 radical (unpaired) electrons. The molecule has 0 spiro atoms. The number of aryl methyl sites for hydroxylation is 2. The molecule has 4 aromatic rings. The maximum Gasteiger partial charge on any atom is 0.415 e. The fourth-order valence-corrected chi connectivity index (χ4v) is 7.30. The number of hydrogen-bond acceptors (Lipinski definition) is 7. The second-order valence-corrected chi connectivity index (χ2v) is 17.5. The number of carbonyl (C=O) groups excluding carboxylic acids is 4. The average Bonchev–Trinajstić information content (AvgIpc) is 3.25. The van der Waals surface area contributed by atoms with E-state index in [2.05, 4.69) is 23.2 Å². The van der Waals surface area contributed by atoms with E-state index in [0.717, 1.165) is 20.9 Å². The summed E-state index contributed by atoms with van der Waals surface area (Å²) in [5.74, 6) is -1.41. The van der Waals surface area contributed by atoms with Gasteiger partial charge in [-0.1, -0.05) is 106 Å². The predicted octanol–water partition coefficient (Wildman–Crippen LogP) is 14.0. The number of benzene rings is 4. The summed E-state index contributed by atoms with van der Waals surface area (Å²) in [6, 6.07) is 23.4. The van der Waals surface area contributed by atoms with Gasteiger partial charge in [-0.2, -0.15) is 53.3 Å². The summed E-state index contributed by atoms with van der Waals surface area (Å²) in [6.45, 7) is 11.0. The second-order valence-electron chi connectivity index (χ2n) is 15.6. The van der Waals surface area contributed by atoms with Crippen molar-refractivity contribution in [3.63, 3.8) is 0 Å². The Hall–Kier alpha value is -4.27. The Morgan fingerprint density at radius 3 is 1.38 bits per heavy atom. The molecule has 0 aliphatic carbocycles. The summed E-state index contributed by atoms with van der Waals surface area (Å²) >= 11 is 29.2. The van der Waals surface area contributed by atoms with E-state index in [1.165, 1.54) is 44.3 Å². The molecule has 0 aliphatic heterocycles. The highest BCUT2D eigenvalue weighted by Crippen LogP contribution is 2.38. The molecular formula is C48H55Cl5F6N4O6S2. The van der Waals surface area contributed by atoms with Gasteiger partial charge in [0.25, 0.3) is 0 Å². The van der Waals surface area contributed by atoms with Gasteiger partial charge in [0.05, 0.1) is 31.2 Å². The molecule has 0 bridgehead atoms. The van der Waals surface area contributed by atoms with Crippen LogP contribution in [0.25, 0.3) is 0 Å². The minimum Gasteiger partial charge on any atom is -0.415 e. The number of rotatable bonds is 16. The van der Waals surface area contributed by atoms with Gasteiger partial charge in [0.2, 0.25) is 11.8 Å². The number of halogens is 11. The number of ether oxygens (including phenoxy) is 2. The maximum atomic E-state index is 13.2. The van der Waals surface area contributed by atoms with Crippen LogP contribution in [-0.2, 0) is 20.7 Å². The van der Waals surface area contributed by atoms with Crippen LogP contribution in [0.15, 0.2) is 110 Å². The zero-order valence-corrected chi connectivity index (χ0v) is 45.1. The van der Waals surface area contributed by atoms with Crippen molar-refractivity contribution in [2.24, 2.45) is 0 Å². The van der Waals surface area contributed by atoms with Gasteiger partial charge in [-0.25, -0.2) is 9.59 Å². The van der Waals surface area contributed by atoms with E-state index in [1.54, 1.807) is 73.8 Å². The SMILES string of the molecule is C=CC[C@@](CN(C)C(=O)CC(F)(F)F)(c1ccc(Cl)c(Cl)c1)N(C)C(=O)Oc1ccc(C)cc1.C=CC[C@](CN(C)C(=O)CC(F)(F)F)(NC)c1ccc(Cl)c(Cl)c1.Cc1ccc(OC(=O)Cl)cc1.S.S. The van der Waals surface area contributed by atoms with Crippen LogP contribution in [0.1, 0.15) is 47.9 Å². The van der Waals surface area contributed by atoms with Crippen molar-refractivity contribution in [2.75, 3.05) is 41.3 Å². The molecule has 0 unspecified atom stereocenters. The molecule has 2 atom stereocenters. The van der Waals surface area contributed by atoms with Crippen LogP contribution < -0.4 is 14.8 Å². The van der Waals surface area contributed by atoms with E-state index >= 15 is 0 Å². The third-order valence-corrected chi connectivity index (χ3v) is 11.9. The molecule has 0 aromatic heterocycles. The highest BCUT2D eigenvalue weighted by molar-refractivity contribution is 7.59. The molecule has 0 fully saturated rings. The van der Waals surface area contributed by atoms with Crippen LogP contribution in [0.5, 0.6) is 11.5 Å². The van der Waals surface area contributed by atoms with Crippen LogP contribution in [0, 0.1) is 13.8 Å². The number of likely N-dealkylation sites (N-methyl/N-ethyl adjacent to an activating group) is 4. The molecule has 1 N–H and O–H groups in total. The highest BCUT2D eigenvalue weighted by Gasteiger charge is 2.43. The Morgan fingerprint density at radius 1 is 0.606 bits per heavy atom. The van der Waals surface area contributed by atoms with Gasteiger partial charge in [-0.05, 0) is 93.4 Å². The topological polar surface area (TPSA) is 108 Å². The molecule has 0 aliphatic rings. The first-order valence-corrected chi connectivity index (χ1v) is 22.3. The third kappa shape index (κ3) is 21.8. The first-order chi connectivity index (χ1) is 32.0.